The minimum atomic E-state index is -1.15. The fourth-order valence-corrected chi connectivity index (χ4v) is 3.38. The highest BCUT2D eigenvalue weighted by atomic mass is 79.9. The fraction of sp³-hybridized carbons (Fsp3) is 0.200. The van der Waals surface area contributed by atoms with Gasteiger partial charge in [-0.3, -0.25) is 0 Å². The second-order valence-electron chi connectivity index (χ2n) is 4.86. The van der Waals surface area contributed by atoms with Crippen molar-refractivity contribution in [3.05, 3.63) is 62.8 Å². The van der Waals surface area contributed by atoms with Gasteiger partial charge in [-0.25, -0.2) is 4.39 Å². The molecule has 3 rings (SSSR count). The lowest BCUT2D eigenvalue weighted by Gasteiger charge is -2.31. The minimum Gasteiger partial charge on any atom is -0.478 e. The van der Waals surface area contributed by atoms with Gasteiger partial charge in [0.05, 0.1) is 5.02 Å². The molecule has 0 amide bonds. The molecule has 0 aromatic heterocycles. The molecule has 3 nitrogen and oxygen atoms in total. The molecule has 6 heteroatoms. The maximum atomic E-state index is 13.8. The van der Waals surface area contributed by atoms with Gasteiger partial charge in [-0.05, 0) is 21.5 Å². The maximum Gasteiger partial charge on any atom is 0.176 e. The van der Waals surface area contributed by atoms with Crippen molar-refractivity contribution in [1.82, 2.24) is 0 Å². The number of rotatable bonds is 2. The lowest BCUT2D eigenvalue weighted by Crippen LogP contribution is -2.42. The van der Waals surface area contributed by atoms with Gasteiger partial charge < -0.3 is 15.6 Å². The van der Waals surface area contributed by atoms with Crippen LogP contribution in [0.3, 0.4) is 0 Å². The molecule has 0 bridgehead atoms. The van der Waals surface area contributed by atoms with Gasteiger partial charge in [0.1, 0.15) is 17.7 Å². The zero-order chi connectivity index (χ0) is 15.2. The van der Waals surface area contributed by atoms with E-state index >= 15 is 0 Å². The Bertz CT molecular complexity index is 698. The largest absolute Gasteiger partial charge is 0.478 e. The summed E-state index contributed by atoms with van der Waals surface area (Å²) >= 11 is 9.11. The van der Waals surface area contributed by atoms with Crippen molar-refractivity contribution in [2.45, 2.75) is 11.7 Å². The van der Waals surface area contributed by atoms with Gasteiger partial charge in [0.2, 0.25) is 0 Å². The molecule has 21 heavy (non-hydrogen) atoms. The fourth-order valence-electron chi connectivity index (χ4n) is 2.62. The number of ether oxygens (including phenoxy) is 1. The topological polar surface area (TPSA) is 55.5 Å². The number of nitrogens with two attached hydrogens (primary N) is 1. The number of benzene rings is 2. The standard InChI is InChI=1S/C15H12BrClFNO2/c16-12-11-10(6-9(18)13(12)17)21-15(7-19,14(11)20)8-4-2-1-3-5-8/h1-6,14,20H,7,19H2. The lowest BCUT2D eigenvalue weighted by atomic mass is 9.86. The summed E-state index contributed by atoms with van der Waals surface area (Å²) in [5, 5.41) is 10.6. The second-order valence-corrected chi connectivity index (χ2v) is 6.03. The smallest absolute Gasteiger partial charge is 0.176 e. The number of hydrogen-bond acceptors (Lipinski definition) is 3. The van der Waals surface area contributed by atoms with Gasteiger partial charge in [0.15, 0.2) is 5.60 Å². The third-order valence-electron chi connectivity index (χ3n) is 3.74. The monoisotopic (exact) mass is 371 g/mol. The number of hydrogen-bond donors (Lipinski definition) is 2. The van der Waals surface area contributed by atoms with E-state index in [4.69, 9.17) is 22.1 Å². The first-order chi connectivity index (χ1) is 10.0. The summed E-state index contributed by atoms with van der Waals surface area (Å²) in [5.41, 5.74) is 5.85. The quantitative estimate of drug-likeness (QED) is 0.793. The molecule has 2 atom stereocenters. The van der Waals surface area contributed by atoms with Crippen molar-refractivity contribution >= 4 is 27.5 Å². The van der Waals surface area contributed by atoms with Crippen molar-refractivity contribution < 1.29 is 14.2 Å². The van der Waals surface area contributed by atoms with Gasteiger partial charge in [0.25, 0.3) is 0 Å². The van der Waals surface area contributed by atoms with Crippen LogP contribution in [0.15, 0.2) is 40.9 Å². The Morgan fingerprint density at radius 2 is 2.05 bits per heavy atom. The van der Waals surface area contributed by atoms with Gasteiger partial charge in [0, 0.05) is 22.6 Å². The van der Waals surface area contributed by atoms with E-state index in [1.165, 1.54) is 6.07 Å². The second kappa shape index (κ2) is 5.25. The van der Waals surface area contributed by atoms with E-state index in [1.807, 2.05) is 30.3 Å². The first-order valence-electron chi connectivity index (χ1n) is 6.31. The van der Waals surface area contributed by atoms with Crippen LogP contribution in [-0.4, -0.2) is 11.7 Å². The van der Waals surface area contributed by atoms with Gasteiger partial charge in [-0.2, -0.15) is 0 Å². The molecule has 1 aliphatic rings. The molecule has 0 spiro atoms. The summed E-state index contributed by atoms with van der Waals surface area (Å²) in [4.78, 5) is 0. The molecule has 3 N–H and O–H groups in total. The average Bonchev–Trinajstić information content (AvgIpc) is 2.79. The van der Waals surface area contributed by atoms with Gasteiger partial charge in [-0.15, -0.1) is 0 Å². The molecule has 2 unspecified atom stereocenters. The molecule has 0 aliphatic carbocycles. The van der Waals surface area contributed by atoms with E-state index in [0.717, 1.165) is 5.56 Å². The molecule has 2 aromatic rings. The highest BCUT2D eigenvalue weighted by Gasteiger charge is 2.50. The van der Waals surface area contributed by atoms with E-state index in [2.05, 4.69) is 15.9 Å². The zero-order valence-corrected chi connectivity index (χ0v) is 13.2. The molecule has 1 aliphatic heterocycles. The van der Waals surface area contributed by atoms with E-state index in [9.17, 15) is 9.50 Å². The molecule has 1 heterocycles. The van der Waals surface area contributed by atoms with Crippen molar-refractivity contribution in [2.75, 3.05) is 6.54 Å². The van der Waals surface area contributed by atoms with E-state index < -0.39 is 17.5 Å². The Morgan fingerprint density at radius 3 is 2.67 bits per heavy atom. The van der Waals surface area contributed by atoms with Crippen molar-refractivity contribution in [2.24, 2.45) is 5.73 Å². The molecule has 110 valence electrons. The van der Waals surface area contributed by atoms with Gasteiger partial charge in [-0.1, -0.05) is 41.9 Å². The van der Waals surface area contributed by atoms with Crippen LogP contribution < -0.4 is 10.5 Å². The first kappa shape index (κ1) is 14.8. The number of aliphatic hydroxyl groups excluding tert-OH is 1. The highest BCUT2D eigenvalue weighted by molar-refractivity contribution is 9.10. The van der Waals surface area contributed by atoms with E-state index in [-0.39, 0.29) is 21.8 Å². The maximum absolute atomic E-state index is 13.8. The molecular formula is C15H12BrClFNO2. The first-order valence-corrected chi connectivity index (χ1v) is 7.48. The van der Waals surface area contributed by atoms with Crippen LogP contribution in [0.25, 0.3) is 0 Å². The van der Waals surface area contributed by atoms with E-state index in [0.29, 0.717) is 5.56 Å². The van der Waals surface area contributed by atoms with Crippen LogP contribution in [0, 0.1) is 5.82 Å². The normalized spacial score (nSPS) is 23.8. The Hall–Kier alpha value is -1.14. The Morgan fingerprint density at radius 1 is 1.38 bits per heavy atom. The van der Waals surface area contributed by atoms with E-state index in [1.54, 1.807) is 0 Å². The predicted octanol–water partition coefficient (Wildman–Crippen LogP) is 3.52. The van der Waals surface area contributed by atoms with Crippen molar-refractivity contribution in [3.63, 3.8) is 0 Å². The molecule has 0 radical (unpaired) electrons. The summed E-state index contributed by atoms with van der Waals surface area (Å²) in [6, 6.07) is 10.3. The van der Waals surface area contributed by atoms with Crippen LogP contribution >= 0.6 is 27.5 Å². The SMILES string of the molecule is NCC1(c2ccccc2)Oc2cc(F)c(Cl)c(Br)c2C1O. The Balaban J connectivity index is 2.19. The van der Waals surface area contributed by atoms with Crippen LogP contribution in [0.4, 0.5) is 4.39 Å². The Kier molecular flexibility index (Phi) is 3.69. The van der Waals surface area contributed by atoms with Crippen LogP contribution in [0.2, 0.25) is 5.02 Å². The number of halogens is 3. The molecule has 2 aromatic carbocycles. The summed E-state index contributed by atoms with van der Waals surface area (Å²) in [6.45, 7) is 0.0402. The third-order valence-corrected chi connectivity index (χ3v) is 5.16. The molecule has 0 fully saturated rings. The minimum absolute atomic E-state index is 0.0402. The zero-order valence-electron chi connectivity index (χ0n) is 10.8. The summed E-state index contributed by atoms with van der Waals surface area (Å²) in [5.74, 6) is -0.374. The number of fused-ring (bicyclic) bond motifs is 1. The van der Waals surface area contributed by atoms with Crippen LogP contribution in [-0.2, 0) is 5.60 Å². The third kappa shape index (κ3) is 2.07. The molecular weight excluding hydrogens is 361 g/mol. The highest BCUT2D eigenvalue weighted by Crippen LogP contribution is 2.53. The predicted molar refractivity (Wildman–Crippen MR) is 81.9 cm³/mol. The summed E-state index contributed by atoms with van der Waals surface area (Å²) in [7, 11) is 0. The van der Waals surface area contributed by atoms with Crippen molar-refractivity contribution in [1.29, 1.82) is 0 Å². The summed E-state index contributed by atoms with van der Waals surface area (Å²) < 4.78 is 19.9. The lowest BCUT2D eigenvalue weighted by molar-refractivity contribution is -0.0259. The van der Waals surface area contributed by atoms with Crippen LogP contribution in [0.5, 0.6) is 5.75 Å². The van der Waals surface area contributed by atoms with Gasteiger partial charge >= 0.3 is 0 Å². The number of aliphatic hydroxyl groups is 1. The molecule has 0 saturated carbocycles. The summed E-state index contributed by atoms with van der Waals surface area (Å²) in [6.07, 6.45) is -1.05. The Labute approximate surface area is 134 Å². The molecule has 0 saturated heterocycles. The van der Waals surface area contributed by atoms with Crippen LogP contribution in [0.1, 0.15) is 17.2 Å². The average molecular weight is 373 g/mol. The van der Waals surface area contributed by atoms with Crippen molar-refractivity contribution in [3.8, 4) is 5.75 Å².